The minimum absolute atomic E-state index is 0.118. The number of hydrogen-bond donors (Lipinski definition) is 0. The van der Waals surface area contributed by atoms with Crippen LogP contribution in [-0.4, -0.2) is 25.8 Å². The first-order chi connectivity index (χ1) is 15.9. The highest BCUT2D eigenvalue weighted by molar-refractivity contribution is 9.10. The zero-order valence-corrected chi connectivity index (χ0v) is 19.1. The zero-order valence-electron chi connectivity index (χ0n) is 17.5. The van der Waals surface area contributed by atoms with Crippen LogP contribution in [0.5, 0.6) is 11.6 Å². The van der Waals surface area contributed by atoms with Crippen LogP contribution in [0.2, 0.25) is 0 Å². The van der Waals surface area contributed by atoms with Gasteiger partial charge in [0.1, 0.15) is 17.8 Å². The Hall–Kier alpha value is -3.92. The fourth-order valence-corrected chi connectivity index (χ4v) is 3.50. The van der Waals surface area contributed by atoms with Crippen molar-refractivity contribution in [2.75, 3.05) is 0 Å². The minimum atomic E-state index is -0.525. The topological polar surface area (TPSA) is 113 Å². The second kappa shape index (κ2) is 9.70. The fraction of sp³-hybridized carbons (Fsp3) is 0.130. The lowest BCUT2D eigenvalue weighted by molar-refractivity contribution is -0.385. The van der Waals surface area contributed by atoms with E-state index < -0.39 is 4.92 Å². The molecule has 0 amide bonds. The van der Waals surface area contributed by atoms with E-state index in [-0.39, 0.29) is 17.1 Å². The molecule has 0 unspecified atom stereocenters. The van der Waals surface area contributed by atoms with Gasteiger partial charge in [-0.15, -0.1) is 0 Å². The van der Waals surface area contributed by atoms with E-state index in [2.05, 4.69) is 31.0 Å². The van der Waals surface area contributed by atoms with E-state index in [0.29, 0.717) is 34.5 Å². The zero-order chi connectivity index (χ0) is 23.4. The predicted octanol–water partition coefficient (Wildman–Crippen LogP) is 5.09. The Balaban J connectivity index is 1.64. The van der Waals surface area contributed by atoms with E-state index in [4.69, 9.17) is 4.74 Å². The van der Waals surface area contributed by atoms with E-state index in [1.54, 1.807) is 36.5 Å². The van der Waals surface area contributed by atoms with Crippen molar-refractivity contribution in [2.45, 2.75) is 19.8 Å². The summed E-state index contributed by atoms with van der Waals surface area (Å²) in [5, 5.41) is 15.6. The third-order valence-electron chi connectivity index (χ3n) is 4.68. The maximum atomic E-state index is 13.1. The second-order valence-corrected chi connectivity index (χ2v) is 8.00. The number of ether oxygens (including phenoxy) is 1. The molecular formula is C23H18BrN5O4. The van der Waals surface area contributed by atoms with Crippen molar-refractivity contribution in [2.24, 2.45) is 5.10 Å². The van der Waals surface area contributed by atoms with Gasteiger partial charge < -0.3 is 4.74 Å². The lowest BCUT2D eigenvalue weighted by Crippen LogP contribution is -2.22. The van der Waals surface area contributed by atoms with E-state index in [1.165, 1.54) is 16.8 Å². The summed E-state index contributed by atoms with van der Waals surface area (Å²) in [7, 11) is 0. The van der Waals surface area contributed by atoms with Gasteiger partial charge >= 0.3 is 0 Å². The quantitative estimate of drug-likeness (QED) is 0.195. The number of rotatable bonds is 7. The number of fused-ring (bicyclic) bond motifs is 1. The fourth-order valence-electron chi connectivity index (χ4n) is 3.14. The lowest BCUT2D eigenvalue weighted by atomic mass is 10.2. The maximum absolute atomic E-state index is 13.1. The first-order valence-corrected chi connectivity index (χ1v) is 10.9. The molecule has 2 heterocycles. The van der Waals surface area contributed by atoms with Crippen LogP contribution in [0.1, 0.15) is 24.7 Å². The number of benzene rings is 2. The van der Waals surface area contributed by atoms with Crippen molar-refractivity contribution in [1.29, 1.82) is 0 Å². The summed E-state index contributed by atoms with van der Waals surface area (Å²) in [4.78, 5) is 31.9. The van der Waals surface area contributed by atoms with Crippen LogP contribution in [0.3, 0.4) is 0 Å². The molecule has 2 aromatic carbocycles. The molecule has 0 spiro atoms. The molecule has 0 N–H and O–H groups in total. The molecule has 10 heteroatoms. The van der Waals surface area contributed by atoms with Crippen LogP contribution in [-0.2, 0) is 6.42 Å². The van der Waals surface area contributed by atoms with Crippen LogP contribution in [0, 0.1) is 10.1 Å². The summed E-state index contributed by atoms with van der Waals surface area (Å²) in [5.41, 5.74) is 0.957. The summed E-state index contributed by atoms with van der Waals surface area (Å²) < 4.78 is 7.79. The first kappa shape index (κ1) is 22.3. The highest BCUT2D eigenvalue weighted by Crippen LogP contribution is 2.22. The average Bonchev–Trinajstić information content (AvgIpc) is 2.80. The summed E-state index contributed by atoms with van der Waals surface area (Å²) >= 11 is 3.40. The van der Waals surface area contributed by atoms with Gasteiger partial charge in [0.15, 0.2) is 0 Å². The lowest BCUT2D eigenvalue weighted by Gasteiger charge is -2.09. The predicted molar refractivity (Wildman–Crippen MR) is 128 cm³/mol. The monoisotopic (exact) mass is 507 g/mol. The number of aromatic nitrogens is 3. The van der Waals surface area contributed by atoms with Gasteiger partial charge in [-0.25, -0.2) is 9.97 Å². The molecule has 166 valence electrons. The average molecular weight is 508 g/mol. The van der Waals surface area contributed by atoms with Crippen LogP contribution in [0.25, 0.3) is 10.9 Å². The summed E-state index contributed by atoms with van der Waals surface area (Å²) in [5.74, 6) is 1.28. The third-order valence-corrected chi connectivity index (χ3v) is 5.18. The Labute approximate surface area is 196 Å². The number of halogens is 1. The molecule has 4 aromatic rings. The Morgan fingerprint density at radius 3 is 2.79 bits per heavy atom. The molecule has 0 radical (unpaired) electrons. The molecule has 2 aromatic heterocycles. The first-order valence-electron chi connectivity index (χ1n) is 10.1. The Kier molecular flexibility index (Phi) is 6.55. The van der Waals surface area contributed by atoms with Gasteiger partial charge in [-0.2, -0.15) is 9.78 Å². The number of nitrogens with zero attached hydrogens (tertiary/aromatic N) is 5. The van der Waals surface area contributed by atoms with Crippen molar-refractivity contribution < 1.29 is 9.66 Å². The Morgan fingerprint density at radius 2 is 2.06 bits per heavy atom. The molecule has 0 saturated carbocycles. The van der Waals surface area contributed by atoms with Gasteiger partial charge in [0.2, 0.25) is 5.88 Å². The number of nitro groups is 1. The van der Waals surface area contributed by atoms with Crippen molar-refractivity contribution in [3.63, 3.8) is 0 Å². The van der Waals surface area contributed by atoms with Crippen LogP contribution >= 0.6 is 15.9 Å². The largest absolute Gasteiger partial charge is 0.439 e. The molecule has 0 atom stereocenters. The molecule has 33 heavy (non-hydrogen) atoms. The van der Waals surface area contributed by atoms with E-state index in [1.807, 2.05) is 19.1 Å². The summed E-state index contributed by atoms with van der Waals surface area (Å²) in [6.45, 7) is 2.01. The van der Waals surface area contributed by atoms with Gasteiger partial charge in [0.05, 0.1) is 22.0 Å². The smallest absolute Gasteiger partial charge is 0.287 e. The maximum Gasteiger partial charge on any atom is 0.287 e. The Bertz CT molecular complexity index is 1420. The summed E-state index contributed by atoms with van der Waals surface area (Å²) in [6.07, 6.45) is 4.11. The van der Waals surface area contributed by atoms with Crippen molar-refractivity contribution in [1.82, 2.24) is 14.6 Å². The van der Waals surface area contributed by atoms with Gasteiger partial charge in [0.25, 0.3) is 11.2 Å². The van der Waals surface area contributed by atoms with E-state index in [9.17, 15) is 14.9 Å². The molecule has 0 bridgehead atoms. The highest BCUT2D eigenvalue weighted by atomic mass is 79.9. The van der Waals surface area contributed by atoms with Gasteiger partial charge in [0, 0.05) is 23.0 Å². The van der Waals surface area contributed by atoms with Crippen molar-refractivity contribution >= 4 is 38.7 Å². The van der Waals surface area contributed by atoms with Gasteiger partial charge in [-0.05, 0) is 42.3 Å². The second-order valence-electron chi connectivity index (χ2n) is 7.09. The highest BCUT2D eigenvalue weighted by Gasteiger charge is 2.11. The molecule has 0 aliphatic carbocycles. The van der Waals surface area contributed by atoms with E-state index in [0.717, 1.165) is 17.1 Å². The van der Waals surface area contributed by atoms with E-state index >= 15 is 0 Å². The van der Waals surface area contributed by atoms with Crippen LogP contribution in [0.15, 0.2) is 75.2 Å². The summed E-state index contributed by atoms with van der Waals surface area (Å²) in [6, 6.07) is 15.2. The SMILES string of the molecule is CCCc1nc2ccc(Br)cc2c(=O)n1N=Cc1cccc(Oc2ccc([N+](=O)[O-])cn2)c1. The molecule has 4 rings (SSSR count). The number of aryl methyl sites for hydroxylation is 1. The van der Waals surface area contributed by atoms with Crippen LogP contribution < -0.4 is 10.3 Å². The van der Waals surface area contributed by atoms with Crippen molar-refractivity contribution in [3.8, 4) is 11.6 Å². The molecule has 0 saturated heterocycles. The standard InChI is InChI=1S/C23H18BrN5O4/c1-2-4-21-27-20-9-7-16(24)12-19(20)23(30)28(21)26-13-15-5-3-6-18(11-15)33-22-10-8-17(14-25-22)29(31)32/h3,5-14H,2,4H2,1H3. The van der Waals surface area contributed by atoms with Gasteiger partial charge in [-0.3, -0.25) is 14.9 Å². The third kappa shape index (κ3) is 5.12. The number of pyridine rings is 1. The van der Waals surface area contributed by atoms with Gasteiger partial charge in [-0.1, -0.05) is 35.0 Å². The normalized spacial score (nSPS) is 11.2. The molecular weight excluding hydrogens is 490 g/mol. The minimum Gasteiger partial charge on any atom is -0.439 e. The Morgan fingerprint density at radius 1 is 1.21 bits per heavy atom. The van der Waals surface area contributed by atoms with Crippen LogP contribution in [0.4, 0.5) is 5.69 Å². The molecule has 9 nitrogen and oxygen atoms in total. The number of hydrogen-bond acceptors (Lipinski definition) is 7. The molecule has 0 aliphatic heterocycles. The molecule has 0 aliphatic rings. The van der Waals surface area contributed by atoms with Crippen molar-refractivity contribution in [3.05, 3.63) is 97.1 Å². The molecule has 0 fully saturated rings.